The van der Waals surface area contributed by atoms with Gasteiger partial charge in [0.25, 0.3) is 5.92 Å². The van der Waals surface area contributed by atoms with Crippen LogP contribution in [0.3, 0.4) is 0 Å². The number of hydrogen-bond acceptors (Lipinski definition) is 4. The van der Waals surface area contributed by atoms with Crippen molar-refractivity contribution in [2.24, 2.45) is 0 Å². The second-order valence-corrected chi connectivity index (χ2v) is 7.61. The van der Waals surface area contributed by atoms with Gasteiger partial charge in [0.15, 0.2) is 5.78 Å². The quantitative estimate of drug-likeness (QED) is 0.566. The van der Waals surface area contributed by atoms with Gasteiger partial charge in [-0.2, -0.15) is 5.26 Å². The van der Waals surface area contributed by atoms with Crippen LogP contribution in [0.25, 0.3) is 22.0 Å². The molecular weight excluding hydrogens is 400 g/mol. The molecule has 156 valence electrons. The Bertz CT molecular complexity index is 1190. The smallest absolute Gasteiger partial charge is 0.268 e. The number of nitrogens with zero attached hydrogens (tertiary/aromatic N) is 3. The first-order chi connectivity index (χ1) is 14.9. The minimum atomic E-state index is -3.07. The lowest BCUT2D eigenvalue weighted by molar-refractivity contribution is -0.132. The number of benzene rings is 2. The maximum Gasteiger partial charge on any atom is 0.268 e. The van der Waals surface area contributed by atoms with Crippen molar-refractivity contribution in [2.75, 3.05) is 6.54 Å². The largest absolute Gasteiger partial charge is 0.320 e. The summed E-state index contributed by atoms with van der Waals surface area (Å²) in [5, 5.41) is 9.73. The third-order valence-corrected chi connectivity index (χ3v) is 5.45. The van der Waals surface area contributed by atoms with E-state index in [1.165, 1.54) is 6.20 Å². The first kappa shape index (κ1) is 20.6. The molecule has 31 heavy (non-hydrogen) atoms. The molecule has 0 N–H and O–H groups in total. The number of carbonyl (C=O) groups excluding carboxylic acids is 2. The lowest BCUT2D eigenvalue weighted by Crippen LogP contribution is -2.36. The maximum atomic E-state index is 13.6. The summed E-state index contributed by atoms with van der Waals surface area (Å²) in [7, 11) is 0. The van der Waals surface area contributed by atoms with E-state index in [4.69, 9.17) is 5.26 Å². The van der Waals surface area contributed by atoms with E-state index in [9.17, 15) is 18.4 Å². The van der Waals surface area contributed by atoms with E-state index in [1.807, 2.05) is 48.5 Å². The molecule has 0 radical (unpaired) electrons. The van der Waals surface area contributed by atoms with E-state index in [0.717, 1.165) is 16.0 Å². The molecule has 1 aliphatic heterocycles. The molecule has 1 aromatic heterocycles. The van der Waals surface area contributed by atoms with Crippen molar-refractivity contribution >= 4 is 22.6 Å². The zero-order chi connectivity index (χ0) is 22.0. The molecule has 0 saturated carbocycles. The lowest BCUT2D eigenvalue weighted by Gasteiger charge is -2.18. The second kappa shape index (κ2) is 8.23. The van der Waals surface area contributed by atoms with Crippen molar-refractivity contribution in [3.8, 4) is 17.2 Å². The van der Waals surface area contributed by atoms with Crippen LogP contribution in [0.1, 0.15) is 29.6 Å². The molecule has 5 nitrogen and oxygen atoms in total. The highest BCUT2D eigenvalue weighted by Gasteiger charge is 2.47. The Morgan fingerprint density at radius 3 is 2.61 bits per heavy atom. The van der Waals surface area contributed by atoms with Crippen molar-refractivity contribution in [3.63, 3.8) is 0 Å². The Morgan fingerprint density at radius 2 is 1.87 bits per heavy atom. The summed E-state index contributed by atoms with van der Waals surface area (Å²) in [6, 6.07) is 17.6. The molecule has 0 unspecified atom stereocenters. The second-order valence-electron chi connectivity index (χ2n) is 7.61. The van der Waals surface area contributed by atoms with Gasteiger partial charge in [0.05, 0.1) is 18.1 Å². The maximum absolute atomic E-state index is 13.6. The summed E-state index contributed by atoms with van der Waals surface area (Å²) in [5.74, 6) is -3.96. The number of Topliss-reactive ketones (excluding diaryl/α,β-unsaturated/α-hetero) is 1. The zero-order valence-corrected chi connectivity index (χ0v) is 16.6. The third-order valence-electron chi connectivity index (χ3n) is 5.45. The average Bonchev–Trinajstić information content (AvgIpc) is 3.11. The minimum absolute atomic E-state index is 0.131. The molecule has 3 aromatic rings. The Hall–Kier alpha value is -3.66. The molecule has 1 fully saturated rings. The Morgan fingerprint density at radius 1 is 1.10 bits per heavy atom. The summed E-state index contributed by atoms with van der Waals surface area (Å²) in [6.45, 7) is -0.781. The number of rotatable bonds is 5. The predicted molar refractivity (Wildman–Crippen MR) is 111 cm³/mol. The fourth-order valence-corrected chi connectivity index (χ4v) is 3.89. The highest BCUT2D eigenvalue weighted by Crippen LogP contribution is 2.32. The van der Waals surface area contributed by atoms with Gasteiger partial charge < -0.3 is 4.90 Å². The summed E-state index contributed by atoms with van der Waals surface area (Å²) < 4.78 is 27.2. The molecule has 1 atom stereocenters. The molecule has 1 saturated heterocycles. The summed E-state index contributed by atoms with van der Waals surface area (Å²) in [4.78, 5) is 30.5. The summed E-state index contributed by atoms with van der Waals surface area (Å²) in [5.41, 5.74) is 3.02. The molecule has 1 aliphatic rings. The Balaban J connectivity index is 1.54. The van der Waals surface area contributed by atoms with E-state index in [-0.39, 0.29) is 18.6 Å². The van der Waals surface area contributed by atoms with E-state index < -0.39 is 30.8 Å². The molecule has 2 aromatic carbocycles. The number of nitriles is 1. The number of pyridine rings is 1. The minimum Gasteiger partial charge on any atom is -0.320 e. The predicted octanol–water partition coefficient (Wildman–Crippen LogP) is 4.62. The topological polar surface area (TPSA) is 74.1 Å². The first-order valence-electron chi connectivity index (χ1n) is 9.92. The normalized spacial score (nSPS) is 17.5. The molecule has 0 aliphatic carbocycles. The number of hydrogen-bond donors (Lipinski definition) is 0. The van der Waals surface area contributed by atoms with Crippen LogP contribution >= 0.6 is 0 Å². The van der Waals surface area contributed by atoms with Crippen LogP contribution in [0.15, 0.2) is 60.8 Å². The van der Waals surface area contributed by atoms with Crippen LogP contribution in [0.4, 0.5) is 8.78 Å². The van der Waals surface area contributed by atoms with Gasteiger partial charge in [-0.3, -0.25) is 14.6 Å². The van der Waals surface area contributed by atoms with Gasteiger partial charge in [-0.25, -0.2) is 8.78 Å². The van der Waals surface area contributed by atoms with Gasteiger partial charge in [-0.15, -0.1) is 0 Å². The van der Waals surface area contributed by atoms with Gasteiger partial charge in [0.2, 0.25) is 5.91 Å². The van der Waals surface area contributed by atoms with Crippen LogP contribution in [-0.2, 0) is 4.79 Å². The van der Waals surface area contributed by atoms with Crippen molar-refractivity contribution in [2.45, 2.75) is 31.2 Å². The van der Waals surface area contributed by atoms with Gasteiger partial charge in [0, 0.05) is 36.4 Å². The fourth-order valence-electron chi connectivity index (χ4n) is 3.89. The van der Waals surface area contributed by atoms with Gasteiger partial charge in [-0.1, -0.05) is 36.4 Å². The molecule has 0 spiro atoms. The number of amides is 1. The van der Waals surface area contributed by atoms with Gasteiger partial charge >= 0.3 is 0 Å². The lowest BCUT2D eigenvalue weighted by atomic mass is 9.98. The van der Waals surface area contributed by atoms with Crippen LogP contribution in [0, 0.1) is 11.3 Å². The van der Waals surface area contributed by atoms with Crippen molar-refractivity contribution in [3.05, 3.63) is 66.4 Å². The molecule has 1 amide bonds. The van der Waals surface area contributed by atoms with Crippen LogP contribution in [-0.4, -0.2) is 40.1 Å². The van der Waals surface area contributed by atoms with Gasteiger partial charge in [0.1, 0.15) is 6.04 Å². The van der Waals surface area contributed by atoms with Crippen molar-refractivity contribution in [1.82, 2.24) is 9.88 Å². The van der Waals surface area contributed by atoms with Crippen LogP contribution < -0.4 is 0 Å². The van der Waals surface area contributed by atoms with Crippen molar-refractivity contribution < 1.29 is 18.4 Å². The number of aromatic nitrogens is 1. The third kappa shape index (κ3) is 4.29. The SMILES string of the molecule is N#C[C@@H]1CC(F)(F)CN1C(=O)CCC(=O)c1ccnc2ccc(-c3ccccc3)cc12. The molecule has 7 heteroatoms. The molecule has 4 rings (SSSR count). The number of halogens is 2. The zero-order valence-electron chi connectivity index (χ0n) is 16.6. The fraction of sp³-hybridized carbons (Fsp3) is 0.250. The van der Waals surface area contributed by atoms with E-state index in [2.05, 4.69) is 4.98 Å². The highest BCUT2D eigenvalue weighted by molar-refractivity contribution is 6.08. The number of likely N-dealkylation sites (tertiary alicyclic amines) is 1. The first-order valence-corrected chi connectivity index (χ1v) is 9.92. The standard InChI is InChI=1S/C24H19F2N3O2/c25-24(26)13-18(14-27)29(15-24)23(31)9-8-22(30)19-10-11-28-21-7-6-17(12-20(19)21)16-4-2-1-3-5-16/h1-7,10-12,18H,8-9,13,15H2/t18-/m0/s1. The van der Waals surface area contributed by atoms with E-state index in [0.29, 0.717) is 16.5 Å². The summed E-state index contributed by atoms with van der Waals surface area (Å²) >= 11 is 0. The average molecular weight is 419 g/mol. The molecule has 0 bridgehead atoms. The Labute approximate surface area is 177 Å². The highest BCUT2D eigenvalue weighted by atomic mass is 19.3. The van der Waals surface area contributed by atoms with Crippen LogP contribution in [0.5, 0.6) is 0 Å². The molecular formula is C24H19F2N3O2. The number of ketones is 1. The number of carbonyl (C=O) groups is 2. The van der Waals surface area contributed by atoms with E-state index in [1.54, 1.807) is 12.1 Å². The van der Waals surface area contributed by atoms with Crippen molar-refractivity contribution in [1.29, 1.82) is 5.26 Å². The number of alkyl halides is 2. The Kier molecular flexibility index (Phi) is 5.47. The van der Waals surface area contributed by atoms with E-state index >= 15 is 0 Å². The number of fused-ring (bicyclic) bond motifs is 1. The molecule has 2 heterocycles. The monoisotopic (exact) mass is 419 g/mol. The van der Waals surface area contributed by atoms with Gasteiger partial charge in [-0.05, 0) is 29.3 Å². The van der Waals surface area contributed by atoms with Crippen LogP contribution in [0.2, 0.25) is 0 Å². The summed E-state index contributed by atoms with van der Waals surface area (Å²) in [6.07, 6.45) is 0.510.